The summed E-state index contributed by atoms with van der Waals surface area (Å²) in [6.07, 6.45) is 0. The van der Waals surface area contributed by atoms with Gasteiger partial charge in [-0.25, -0.2) is 4.79 Å². The third-order valence-corrected chi connectivity index (χ3v) is 2.90. The van der Waals surface area contributed by atoms with E-state index in [9.17, 15) is 9.90 Å². The van der Waals surface area contributed by atoms with Gasteiger partial charge in [-0.1, -0.05) is 17.7 Å². The Balaban J connectivity index is 2.45. The molecule has 0 spiro atoms. The van der Waals surface area contributed by atoms with Crippen LogP contribution < -0.4 is 4.74 Å². The van der Waals surface area contributed by atoms with E-state index in [0.717, 1.165) is 11.1 Å². The van der Waals surface area contributed by atoms with Gasteiger partial charge in [0.15, 0.2) is 0 Å². The molecule has 100 valence electrons. The summed E-state index contributed by atoms with van der Waals surface area (Å²) < 4.78 is 5.67. The molecule has 0 unspecified atom stereocenters. The molecule has 0 saturated carbocycles. The van der Waals surface area contributed by atoms with E-state index in [1.807, 2.05) is 19.9 Å². The highest BCUT2D eigenvalue weighted by atomic mass is 16.5. The lowest BCUT2D eigenvalue weighted by Crippen LogP contribution is -2.01. The first-order valence-corrected chi connectivity index (χ1v) is 6.04. The first-order chi connectivity index (χ1) is 9.51. The number of benzene rings is 2. The number of carboxylic acid groups (broad SMARTS) is 1. The van der Waals surface area contributed by atoms with Crippen molar-refractivity contribution in [3.63, 3.8) is 0 Å². The first-order valence-electron chi connectivity index (χ1n) is 6.04. The van der Waals surface area contributed by atoms with Crippen molar-refractivity contribution < 1.29 is 14.6 Å². The molecule has 0 bridgehead atoms. The van der Waals surface area contributed by atoms with Crippen LogP contribution in [-0.4, -0.2) is 11.1 Å². The van der Waals surface area contributed by atoms with Gasteiger partial charge < -0.3 is 9.84 Å². The van der Waals surface area contributed by atoms with Crippen LogP contribution in [0.1, 0.15) is 27.0 Å². The van der Waals surface area contributed by atoms with Crippen LogP contribution in [0.2, 0.25) is 0 Å². The molecule has 4 nitrogen and oxygen atoms in total. The van der Waals surface area contributed by atoms with Crippen molar-refractivity contribution in [2.45, 2.75) is 13.8 Å². The molecule has 0 heterocycles. The molecule has 0 saturated heterocycles. The lowest BCUT2D eigenvalue weighted by Gasteiger charge is -2.11. The fourth-order valence-electron chi connectivity index (χ4n) is 1.80. The standard InChI is InChI=1S/C16H13NO3/c1-10-3-6-14(13(7-10)16(18)19)20-15-8-12(9-17)5-4-11(15)2/h3-8H,1-2H3,(H,18,19). The minimum Gasteiger partial charge on any atom is -0.478 e. The van der Waals surface area contributed by atoms with Crippen LogP contribution in [0.25, 0.3) is 0 Å². The fraction of sp³-hybridized carbons (Fsp3) is 0.125. The highest BCUT2D eigenvalue weighted by molar-refractivity contribution is 5.91. The Bertz CT molecular complexity index is 714. The van der Waals surface area contributed by atoms with Crippen molar-refractivity contribution >= 4 is 5.97 Å². The Morgan fingerprint density at radius 3 is 2.55 bits per heavy atom. The maximum atomic E-state index is 11.2. The van der Waals surface area contributed by atoms with Crippen LogP contribution >= 0.6 is 0 Å². The topological polar surface area (TPSA) is 70.3 Å². The summed E-state index contributed by atoms with van der Waals surface area (Å²) in [7, 11) is 0. The summed E-state index contributed by atoms with van der Waals surface area (Å²) in [5, 5.41) is 18.1. The Kier molecular flexibility index (Phi) is 3.72. The number of aryl methyl sites for hydroxylation is 2. The first kappa shape index (κ1) is 13.6. The molecule has 2 rings (SSSR count). The molecule has 0 aliphatic carbocycles. The molecule has 4 heteroatoms. The third kappa shape index (κ3) is 2.78. The molecular weight excluding hydrogens is 254 g/mol. The van der Waals surface area contributed by atoms with E-state index in [1.165, 1.54) is 0 Å². The van der Waals surface area contributed by atoms with Gasteiger partial charge in [-0.05, 0) is 43.7 Å². The molecule has 1 N–H and O–H groups in total. The SMILES string of the molecule is Cc1ccc(Oc2cc(C#N)ccc2C)c(C(=O)O)c1. The Morgan fingerprint density at radius 2 is 1.90 bits per heavy atom. The Morgan fingerprint density at radius 1 is 1.15 bits per heavy atom. The summed E-state index contributed by atoms with van der Waals surface area (Å²) in [6.45, 7) is 3.66. The third-order valence-electron chi connectivity index (χ3n) is 2.90. The van der Waals surface area contributed by atoms with Crippen LogP contribution in [0.15, 0.2) is 36.4 Å². The largest absolute Gasteiger partial charge is 0.478 e. The second kappa shape index (κ2) is 5.45. The molecule has 0 aromatic heterocycles. The fourth-order valence-corrected chi connectivity index (χ4v) is 1.80. The van der Waals surface area contributed by atoms with Gasteiger partial charge in [0.05, 0.1) is 11.6 Å². The number of nitrogens with zero attached hydrogens (tertiary/aromatic N) is 1. The van der Waals surface area contributed by atoms with E-state index in [-0.39, 0.29) is 11.3 Å². The van der Waals surface area contributed by atoms with Gasteiger partial charge in [0, 0.05) is 0 Å². The predicted octanol–water partition coefficient (Wildman–Crippen LogP) is 3.67. The predicted molar refractivity (Wildman–Crippen MR) is 74.1 cm³/mol. The molecule has 0 radical (unpaired) electrons. The lowest BCUT2D eigenvalue weighted by atomic mass is 10.1. The monoisotopic (exact) mass is 267 g/mol. The molecule has 2 aromatic carbocycles. The van der Waals surface area contributed by atoms with Crippen LogP contribution in [0, 0.1) is 25.2 Å². The highest BCUT2D eigenvalue weighted by Crippen LogP contribution is 2.29. The van der Waals surface area contributed by atoms with Crippen LogP contribution in [0.3, 0.4) is 0 Å². The lowest BCUT2D eigenvalue weighted by molar-refractivity contribution is 0.0694. The van der Waals surface area contributed by atoms with Gasteiger partial charge in [0.1, 0.15) is 17.1 Å². The molecular formula is C16H13NO3. The highest BCUT2D eigenvalue weighted by Gasteiger charge is 2.13. The van der Waals surface area contributed by atoms with Crippen molar-refractivity contribution in [1.82, 2.24) is 0 Å². The normalized spacial score (nSPS) is 9.85. The van der Waals surface area contributed by atoms with Gasteiger partial charge >= 0.3 is 5.97 Å². The van der Waals surface area contributed by atoms with E-state index < -0.39 is 5.97 Å². The second-order valence-corrected chi connectivity index (χ2v) is 4.50. The summed E-state index contributed by atoms with van der Waals surface area (Å²) in [5.74, 6) is -0.297. The van der Waals surface area contributed by atoms with Gasteiger partial charge in [0.25, 0.3) is 0 Å². The Hall–Kier alpha value is -2.80. The van der Waals surface area contributed by atoms with E-state index in [4.69, 9.17) is 10.00 Å². The number of rotatable bonds is 3. The van der Waals surface area contributed by atoms with Crippen LogP contribution in [-0.2, 0) is 0 Å². The van der Waals surface area contributed by atoms with E-state index in [2.05, 4.69) is 0 Å². The number of carboxylic acids is 1. The van der Waals surface area contributed by atoms with Crippen molar-refractivity contribution in [2.75, 3.05) is 0 Å². The molecule has 0 atom stereocenters. The maximum absolute atomic E-state index is 11.2. The number of hydrogen-bond acceptors (Lipinski definition) is 3. The summed E-state index contributed by atoms with van der Waals surface area (Å²) >= 11 is 0. The molecule has 0 amide bonds. The smallest absolute Gasteiger partial charge is 0.339 e. The van der Waals surface area contributed by atoms with Crippen LogP contribution in [0.4, 0.5) is 0 Å². The maximum Gasteiger partial charge on any atom is 0.339 e. The van der Waals surface area contributed by atoms with E-state index in [1.54, 1.807) is 36.4 Å². The summed E-state index contributed by atoms with van der Waals surface area (Å²) in [4.78, 5) is 11.2. The zero-order valence-corrected chi connectivity index (χ0v) is 11.2. The number of ether oxygens (including phenoxy) is 1. The van der Waals surface area contributed by atoms with Gasteiger partial charge in [0.2, 0.25) is 0 Å². The van der Waals surface area contributed by atoms with E-state index in [0.29, 0.717) is 11.3 Å². The zero-order valence-electron chi connectivity index (χ0n) is 11.2. The van der Waals surface area contributed by atoms with Gasteiger partial charge in [-0.3, -0.25) is 0 Å². The molecule has 0 aliphatic rings. The number of nitriles is 1. The minimum absolute atomic E-state index is 0.103. The number of carbonyl (C=O) groups is 1. The molecule has 20 heavy (non-hydrogen) atoms. The molecule has 0 fully saturated rings. The van der Waals surface area contributed by atoms with Crippen molar-refractivity contribution in [3.8, 4) is 17.6 Å². The van der Waals surface area contributed by atoms with Gasteiger partial charge in [-0.15, -0.1) is 0 Å². The average Bonchev–Trinajstić information content (AvgIpc) is 2.42. The average molecular weight is 267 g/mol. The van der Waals surface area contributed by atoms with Crippen molar-refractivity contribution in [2.24, 2.45) is 0 Å². The molecule has 2 aromatic rings. The second-order valence-electron chi connectivity index (χ2n) is 4.50. The van der Waals surface area contributed by atoms with Crippen molar-refractivity contribution in [3.05, 3.63) is 58.7 Å². The van der Waals surface area contributed by atoms with Crippen LogP contribution in [0.5, 0.6) is 11.5 Å². The number of aromatic carboxylic acids is 1. The Labute approximate surface area is 116 Å². The zero-order chi connectivity index (χ0) is 14.7. The molecule has 0 aliphatic heterocycles. The van der Waals surface area contributed by atoms with Gasteiger partial charge in [-0.2, -0.15) is 5.26 Å². The van der Waals surface area contributed by atoms with E-state index >= 15 is 0 Å². The minimum atomic E-state index is -1.04. The summed E-state index contributed by atoms with van der Waals surface area (Å²) in [5.41, 5.74) is 2.25. The summed E-state index contributed by atoms with van der Waals surface area (Å²) in [6, 6.07) is 12.0. The number of hydrogen-bond donors (Lipinski definition) is 1. The quantitative estimate of drug-likeness (QED) is 0.921. The van der Waals surface area contributed by atoms with Crippen molar-refractivity contribution in [1.29, 1.82) is 5.26 Å².